The molecule has 0 radical (unpaired) electrons. The monoisotopic (exact) mass is 296 g/mol. The van der Waals surface area contributed by atoms with Crippen LogP contribution in [-0.4, -0.2) is 49.2 Å². The van der Waals surface area contributed by atoms with Gasteiger partial charge in [-0.3, -0.25) is 10.1 Å². The van der Waals surface area contributed by atoms with Crippen LogP contribution in [0.1, 0.15) is 58.8 Å². The zero-order valence-corrected chi connectivity index (χ0v) is 14.0. The smallest absolute Gasteiger partial charge is 0.325 e. The highest BCUT2D eigenvalue weighted by Gasteiger charge is 2.39. The number of esters is 1. The van der Waals surface area contributed by atoms with Gasteiger partial charge in [0.05, 0.1) is 7.11 Å². The van der Waals surface area contributed by atoms with Crippen LogP contribution in [-0.2, 0) is 9.53 Å². The van der Waals surface area contributed by atoms with Gasteiger partial charge < -0.3 is 9.64 Å². The summed E-state index contributed by atoms with van der Waals surface area (Å²) < 4.78 is 5.02. The van der Waals surface area contributed by atoms with E-state index in [4.69, 9.17) is 4.74 Å². The topological polar surface area (TPSA) is 41.6 Å². The van der Waals surface area contributed by atoms with Crippen molar-refractivity contribution < 1.29 is 9.53 Å². The fourth-order valence-electron chi connectivity index (χ4n) is 3.38. The molecule has 122 valence electrons. The number of carbonyl (C=O) groups excluding carboxylic acids is 1. The van der Waals surface area contributed by atoms with E-state index in [1.807, 2.05) is 6.92 Å². The number of rotatable bonds is 7. The minimum Gasteiger partial charge on any atom is -0.468 e. The van der Waals surface area contributed by atoms with Gasteiger partial charge >= 0.3 is 5.97 Å². The molecule has 2 unspecified atom stereocenters. The highest BCUT2D eigenvalue weighted by atomic mass is 16.5. The third kappa shape index (κ3) is 4.96. The molecule has 1 saturated heterocycles. The van der Waals surface area contributed by atoms with Crippen molar-refractivity contribution in [1.82, 2.24) is 10.2 Å². The Bertz CT molecular complexity index is 344. The van der Waals surface area contributed by atoms with E-state index in [1.165, 1.54) is 58.7 Å². The van der Waals surface area contributed by atoms with Crippen LogP contribution in [0.4, 0.5) is 0 Å². The molecule has 4 heteroatoms. The van der Waals surface area contributed by atoms with Crippen molar-refractivity contribution in [2.24, 2.45) is 5.92 Å². The standard InChI is InChI=1S/C17H32N2O2/c1-4-14-6-5-11-19(12-9-14)13-10-17(2,16(20)21-3)18-15-7-8-15/h14-15,18H,4-13H2,1-3H3. The Balaban J connectivity index is 1.84. The van der Waals surface area contributed by atoms with Crippen molar-refractivity contribution >= 4 is 5.97 Å². The average Bonchev–Trinajstić information content (AvgIpc) is 3.31. The van der Waals surface area contributed by atoms with E-state index in [2.05, 4.69) is 17.1 Å². The molecule has 4 nitrogen and oxygen atoms in total. The molecule has 1 heterocycles. The summed E-state index contributed by atoms with van der Waals surface area (Å²) >= 11 is 0. The lowest BCUT2D eigenvalue weighted by Gasteiger charge is -2.31. The second kappa shape index (κ2) is 7.59. The van der Waals surface area contributed by atoms with Gasteiger partial charge in [0.1, 0.15) is 5.54 Å². The first-order valence-corrected chi connectivity index (χ1v) is 8.66. The Labute approximate surface area is 129 Å². The zero-order chi connectivity index (χ0) is 15.3. The van der Waals surface area contributed by atoms with Crippen molar-refractivity contribution in [2.75, 3.05) is 26.7 Å². The molecular weight excluding hydrogens is 264 g/mol. The van der Waals surface area contributed by atoms with Gasteiger partial charge in [0.25, 0.3) is 0 Å². The Morgan fingerprint density at radius 2 is 2.05 bits per heavy atom. The largest absolute Gasteiger partial charge is 0.468 e. The lowest BCUT2D eigenvalue weighted by atomic mass is 9.97. The molecule has 1 saturated carbocycles. The van der Waals surface area contributed by atoms with E-state index in [1.54, 1.807) is 0 Å². The van der Waals surface area contributed by atoms with Crippen molar-refractivity contribution in [2.45, 2.75) is 70.4 Å². The van der Waals surface area contributed by atoms with Crippen molar-refractivity contribution in [1.29, 1.82) is 0 Å². The third-order valence-corrected chi connectivity index (χ3v) is 5.18. The zero-order valence-electron chi connectivity index (χ0n) is 14.0. The summed E-state index contributed by atoms with van der Waals surface area (Å²) in [7, 11) is 1.49. The molecule has 1 aliphatic carbocycles. The van der Waals surface area contributed by atoms with Gasteiger partial charge in [0.2, 0.25) is 0 Å². The summed E-state index contributed by atoms with van der Waals surface area (Å²) in [6, 6.07) is 0.516. The lowest BCUT2D eigenvalue weighted by Crippen LogP contribution is -2.53. The molecule has 2 atom stereocenters. The number of likely N-dealkylation sites (tertiary alicyclic amines) is 1. The quantitative estimate of drug-likeness (QED) is 0.733. The van der Waals surface area contributed by atoms with E-state index in [0.29, 0.717) is 6.04 Å². The minimum absolute atomic E-state index is 0.115. The molecule has 0 aromatic heterocycles. The van der Waals surface area contributed by atoms with Gasteiger partial charge in [-0.15, -0.1) is 0 Å². The number of hydrogen-bond acceptors (Lipinski definition) is 4. The summed E-state index contributed by atoms with van der Waals surface area (Å²) in [6.07, 6.45) is 8.49. The molecule has 0 amide bonds. The Hall–Kier alpha value is -0.610. The van der Waals surface area contributed by atoms with Crippen LogP contribution < -0.4 is 5.32 Å². The molecule has 0 aromatic rings. The minimum atomic E-state index is -0.521. The number of methoxy groups -OCH3 is 1. The van der Waals surface area contributed by atoms with Crippen LogP contribution in [0.2, 0.25) is 0 Å². The molecule has 0 bridgehead atoms. The SMILES string of the molecule is CCC1CCCN(CCC(C)(NC2CC2)C(=O)OC)CC1. The number of nitrogens with zero attached hydrogens (tertiary/aromatic N) is 1. The van der Waals surface area contributed by atoms with Gasteiger partial charge in [0, 0.05) is 12.6 Å². The van der Waals surface area contributed by atoms with E-state index < -0.39 is 5.54 Å². The highest BCUT2D eigenvalue weighted by molar-refractivity contribution is 5.80. The Kier molecular flexibility index (Phi) is 6.06. The van der Waals surface area contributed by atoms with Gasteiger partial charge in [-0.25, -0.2) is 0 Å². The summed E-state index contributed by atoms with van der Waals surface area (Å²) in [4.78, 5) is 14.7. The van der Waals surface area contributed by atoms with Gasteiger partial charge in [0.15, 0.2) is 0 Å². The maximum absolute atomic E-state index is 12.1. The molecule has 2 rings (SSSR count). The summed E-state index contributed by atoms with van der Waals surface area (Å²) in [6.45, 7) is 7.65. The van der Waals surface area contributed by atoms with Crippen molar-refractivity contribution in [3.05, 3.63) is 0 Å². The van der Waals surface area contributed by atoms with E-state index in [-0.39, 0.29) is 5.97 Å². The molecule has 21 heavy (non-hydrogen) atoms. The highest BCUT2D eigenvalue weighted by Crippen LogP contribution is 2.26. The van der Waals surface area contributed by atoms with E-state index in [0.717, 1.165) is 18.9 Å². The second-order valence-corrected chi connectivity index (χ2v) is 7.04. The summed E-state index contributed by atoms with van der Waals surface area (Å²) in [5.41, 5.74) is -0.521. The first-order valence-electron chi connectivity index (χ1n) is 8.66. The van der Waals surface area contributed by atoms with Crippen molar-refractivity contribution in [3.63, 3.8) is 0 Å². The normalized spacial score (nSPS) is 26.9. The van der Waals surface area contributed by atoms with E-state index >= 15 is 0 Å². The molecular formula is C17H32N2O2. The van der Waals surface area contributed by atoms with Crippen molar-refractivity contribution in [3.8, 4) is 0 Å². The summed E-state index contributed by atoms with van der Waals surface area (Å²) in [5.74, 6) is 0.780. The molecule has 0 spiro atoms. The third-order valence-electron chi connectivity index (χ3n) is 5.18. The van der Waals surface area contributed by atoms with Crippen LogP contribution in [0.15, 0.2) is 0 Å². The van der Waals surface area contributed by atoms with Crippen LogP contribution in [0.5, 0.6) is 0 Å². The fourth-order valence-corrected chi connectivity index (χ4v) is 3.38. The number of ether oxygens (including phenoxy) is 1. The van der Waals surface area contributed by atoms with Gasteiger partial charge in [-0.1, -0.05) is 13.3 Å². The second-order valence-electron chi connectivity index (χ2n) is 7.04. The van der Waals surface area contributed by atoms with Gasteiger partial charge in [-0.05, 0) is 64.5 Å². The van der Waals surface area contributed by atoms with Crippen LogP contribution in [0.3, 0.4) is 0 Å². The molecule has 1 aliphatic heterocycles. The predicted molar refractivity (Wildman–Crippen MR) is 85.3 cm³/mol. The average molecular weight is 296 g/mol. The molecule has 1 N–H and O–H groups in total. The molecule has 0 aromatic carbocycles. The summed E-state index contributed by atoms with van der Waals surface area (Å²) in [5, 5.41) is 3.49. The number of carbonyl (C=O) groups is 1. The fraction of sp³-hybridized carbons (Fsp3) is 0.941. The lowest BCUT2D eigenvalue weighted by molar-refractivity contribution is -0.148. The van der Waals surface area contributed by atoms with Gasteiger partial charge in [-0.2, -0.15) is 0 Å². The first kappa shape index (κ1) is 16.8. The first-order chi connectivity index (χ1) is 10.1. The van der Waals surface area contributed by atoms with Crippen LogP contribution >= 0.6 is 0 Å². The number of hydrogen-bond donors (Lipinski definition) is 1. The Morgan fingerprint density at radius 1 is 1.29 bits per heavy atom. The molecule has 2 aliphatic rings. The van der Waals surface area contributed by atoms with Crippen LogP contribution in [0.25, 0.3) is 0 Å². The predicted octanol–water partition coefficient (Wildman–Crippen LogP) is 2.57. The van der Waals surface area contributed by atoms with E-state index in [9.17, 15) is 4.79 Å². The Morgan fingerprint density at radius 3 is 2.67 bits per heavy atom. The number of nitrogens with one attached hydrogen (secondary N) is 1. The molecule has 2 fully saturated rings. The van der Waals surface area contributed by atoms with Crippen LogP contribution in [0, 0.1) is 5.92 Å². The maximum Gasteiger partial charge on any atom is 0.325 e. The maximum atomic E-state index is 12.1.